The minimum Gasteiger partial charge on any atom is -0.381 e. The van der Waals surface area contributed by atoms with Crippen LogP contribution in [0.1, 0.15) is 33.1 Å². The second-order valence-electron chi connectivity index (χ2n) is 5.73. The van der Waals surface area contributed by atoms with Gasteiger partial charge in [0.1, 0.15) is 5.54 Å². The first-order chi connectivity index (χ1) is 8.49. The molecule has 0 aromatic heterocycles. The summed E-state index contributed by atoms with van der Waals surface area (Å²) in [6.45, 7) is 6.44. The summed E-state index contributed by atoms with van der Waals surface area (Å²) in [5.41, 5.74) is -0.778. The Bertz CT molecular complexity index is 335. The molecule has 2 amide bonds. The van der Waals surface area contributed by atoms with Crippen molar-refractivity contribution in [3.05, 3.63) is 0 Å². The summed E-state index contributed by atoms with van der Waals surface area (Å²) in [5, 5.41) is 2.77. The predicted molar refractivity (Wildman–Crippen MR) is 67.0 cm³/mol. The number of nitrogens with one attached hydrogen (secondary N) is 1. The molecule has 0 aliphatic carbocycles. The molecule has 0 aromatic rings. The van der Waals surface area contributed by atoms with Gasteiger partial charge in [-0.25, -0.2) is 0 Å². The summed E-state index contributed by atoms with van der Waals surface area (Å²) in [6.07, 6.45) is 2.45. The van der Waals surface area contributed by atoms with Crippen LogP contribution in [0.3, 0.4) is 0 Å². The lowest BCUT2D eigenvalue weighted by atomic mass is 10.0. The number of carbonyl (C=O) groups is 2. The smallest absolute Gasteiger partial charge is 0.247 e. The molecule has 2 rings (SSSR count). The molecule has 0 spiro atoms. The zero-order chi connectivity index (χ0) is 13.2. The molecular weight excluding hydrogens is 232 g/mol. The van der Waals surface area contributed by atoms with Crippen LogP contribution in [0.5, 0.6) is 0 Å². The molecule has 2 aliphatic rings. The van der Waals surface area contributed by atoms with Crippen molar-refractivity contribution in [2.75, 3.05) is 26.3 Å². The highest BCUT2D eigenvalue weighted by Gasteiger charge is 2.36. The maximum Gasteiger partial charge on any atom is 0.247 e. The molecule has 2 aliphatic heterocycles. The molecular formula is C13H22N2O3. The third kappa shape index (κ3) is 3.02. The van der Waals surface area contributed by atoms with Gasteiger partial charge in [-0.2, -0.15) is 0 Å². The standard InChI is InChI=1S/C13H22N2O3/c1-13(2)12(17)15(7-4-11(16)14-13)6-3-10-5-8-18-9-10/h10H,3-9H2,1-2H3,(H,14,16). The third-order valence-corrected chi connectivity index (χ3v) is 3.71. The summed E-state index contributed by atoms with van der Waals surface area (Å²) < 4.78 is 5.34. The van der Waals surface area contributed by atoms with Gasteiger partial charge in [-0.3, -0.25) is 9.59 Å². The van der Waals surface area contributed by atoms with E-state index >= 15 is 0 Å². The Kier molecular flexibility index (Phi) is 3.90. The molecule has 5 nitrogen and oxygen atoms in total. The van der Waals surface area contributed by atoms with E-state index in [-0.39, 0.29) is 11.8 Å². The number of nitrogens with zero attached hydrogens (tertiary/aromatic N) is 1. The highest BCUT2D eigenvalue weighted by atomic mass is 16.5. The molecule has 0 saturated carbocycles. The molecule has 2 heterocycles. The number of hydrogen-bond acceptors (Lipinski definition) is 3. The van der Waals surface area contributed by atoms with Crippen LogP contribution in [0, 0.1) is 5.92 Å². The normalized spacial score (nSPS) is 28.1. The molecule has 18 heavy (non-hydrogen) atoms. The van der Waals surface area contributed by atoms with Gasteiger partial charge in [-0.15, -0.1) is 0 Å². The Labute approximate surface area is 108 Å². The minimum absolute atomic E-state index is 0.0206. The Hall–Kier alpha value is -1.10. The third-order valence-electron chi connectivity index (χ3n) is 3.71. The van der Waals surface area contributed by atoms with Crippen molar-refractivity contribution >= 4 is 11.8 Å². The minimum atomic E-state index is -0.778. The van der Waals surface area contributed by atoms with E-state index in [1.54, 1.807) is 13.8 Å². The van der Waals surface area contributed by atoms with E-state index in [2.05, 4.69) is 5.32 Å². The highest BCUT2D eigenvalue weighted by Crippen LogP contribution is 2.19. The monoisotopic (exact) mass is 254 g/mol. The Morgan fingerprint density at radius 1 is 1.44 bits per heavy atom. The van der Waals surface area contributed by atoms with Crippen LogP contribution in [0.25, 0.3) is 0 Å². The molecule has 0 bridgehead atoms. The van der Waals surface area contributed by atoms with Crippen molar-refractivity contribution in [3.63, 3.8) is 0 Å². The van der Waals surface area contributed by atoms with E-state index < -0.39 is 5.54 Å². The van der Waals surface area contributed by atoms with Crippen LogP contribution >= 0.6 is 0 Å². The van der Waals surface area contributed by atoms with Crippen molar-refractivity contribution in [2.45, 2.75) is 38.6 Å². The number of ether oxygens (including phenoxy) is 1. The van der Waals surface area contributed by atoms with Crippen LogP contribution in [0.4, 0.5) is 0 Å². The fraction of sp³-hybridized carbons (Fsp3) is 0.846. The average molecular weight is 254 g/mol. The lowest BCUT2D eigenvalue weighted by molar-refractivity contribution is -0.137. The second kappa shape index (κ2) is 5.26. The van der Waals surface area contributed by atoms with Gasteiger partial charge in [-0.1, -0.05) is 0 Å². The number of amides is 2. The average Bonchev–Trinajstić information content (AvgIpc) is 2.77. The quantitative estimate of drug-likeness (QED) is 0.799. The summed E-state index contributed by atoms with van der Waals surface area (Å²) in [5.74, 6) is 0.542. The molecule has 5 heteroatoms. The fourth-order valence-corrected chi connectivity index (χ4v) is 2.56. The van der Waals surface area contributed by atoms with E-state index in [4.69, 9.17) is 4.74 Å². The Balaban J connectivity index is 1.93. The van der Waals surface area contributed by atoms with Gasteiger partial charge in [0.25, 0.3) is 0 Å². The van der Waals surface area contributed by atoms with Crippen LogP contribution in [0.2, 0.25) is 0 Å². The summed E-state index contributed by atoms with van der Waals surface area (Å²) in [4.78, 5) is 25.7. The van der Waals surface area contributed by atoms with Crippen LogP contribution in [-0.2, 0) is 14.3 Å². The zero-order valence-corrected chi connectivity index (χ0v) is 11.2. The van der Waals surface area contributed by atoms with Gasteiger partial charge in [0, 0.05) is 32.7 Å². The van der Waals surface area contributed by atoms with Gasteiger partial charge in [-0.05, 0) is 32.6 Å². The van der Waals surface area contributed by atoms with E-state index in [0.29, 0.717) is 18.9 Å². The molecule has 1 N–H and O–H groups in total. The van der Waals surface area contributed by atoms with Crippen molar-refractivity contribution < 1.29 is 14.3 Å². The van der Waals surface area contributed by atoms with E-state index in [9.17, 15) is 9.59 Å². The lowest BCUT2D eigenvalue weighted by Gasteiger charge is -2.29. The molecule has 1 unspecified atom stereocenters. The summed E-state index contributed by atoms with van der Waals surface area (Å²) in [7, 11) is 0. The molecule has 1 atom stereocenters. The maximum absolute atomic E-state index is 12.3. The topological polar surface area (TPSA) is 58.6 Å². The number of carbonyl (C=O) groups excluding carboxylic acids is 2. The number of hydrogen-bond donors (Lipinski definition) is 1. The van der Waals surface area contributed by atoms with Crippen LogP contribution in [-0.4, -0.2) is 48.6 Å². The molecule has 0 radical (unpaired) electrons. The zero-order valence-electron chi connectivity index (χ0n) is 11.2. The largest absolute Gasteiger partial charge is 0.381 e. The van der Waals surface area contributed by atoms with Crippen LogP contribution in [0.15, 0.2) is 0 Å². The number of rotatable bonds is 3. The Morgan fingerprint density at radius 2 is 2.22 bits per heavy atom. The van der Waals surface area contributed by atoms with Crippen molar-refractivity contribution in [3.8, 4) is 0 Å². The van der Waals surface area contributed by atoms with E-state index in [0.717, 1.165) is 32.6 Å². The molecule has 0 aromatic carbocycles. The first-order valence-electron chi connectivity index (χ1n) is 6.67. The summed E-state index contributed by atoms with van der Waals surface area (Å²) in [6, 6.07) is 0. The Morgan fingerprint density at radius 3 is 2.89 bits per heavy atom. The summed E-state index contributed by atoms with van der Waals surface area (Å²) >= 11 is 0. The van der Waals surface area contributed by atoms with Gasteiger partial charge in [0.05, 0.1) is 0 Å². The first-order valence-corrected chi connectivity index (χ1v) is 6.67. The van der Waals surface area contributed by atoms with Gasteiger partial charge in [0.2, 0.25) is 11.8 Å². The molecule has 2 saturated heterocycles. The molecule has 102 valence electrons. The van der Waals surface area contributed by atoms with Crippen molar-refractivity contribution in [2.24, 2.45) is 5.92 Å². The predicted octanol–water partition coefficient (Wildman–Crippen LogP) is 0.540. The van der Waals surface area contributed by atoms with Gasteiger partial charge >= 0.3 is 0 Å². The van der Waals surface area contributed by atoms with Gasteiger partial charge < -0.3 is 15.0 Å². The lowest BCUT2D eigenvalue weighted by Crippen LogP contribution is -2.53. The van der Waals surface area contributed by atoms with Crippen molar-refractivity contribution in [1.82, 2.24) is 10.2 Å². The van der Waals surface area contributed by atoms with Gasteiger partial charge in [0.15, 0.2) is 0 Å². The van der Waals surface area contributed by atoms with Crippen LogP contribution < -0.4 is 5.32 Å². The van der Waals surface area contributed by atoms with E-state index in [1.807, 2.05) is 4.90 Å². The SMILES string of the molecule is CC1(C)NC(=O)CCN(CCC2CCOC2)C1=O. The van der Waals surface area contributed by atoms with E-state index in [1.165, 1.54) is 0 Å². The second-order valence-corrected chi connectivity index (χ2v) is 5.73. The fourth-order valence-electron chi connectivity index (χ4n) is 2.56. The maximum atomic E-state index is 12.3. The first kappa shape index (κ1) is 13.3. The van der Waals surface area contributed by atoms with Crippen molar-refractivity contribution in [1.29, 1.82) is 0 Å². The highest BCUT2D eigenvalue weighted by molar-refractivity contribution is 5.92. The molecule has 2 fully saturated rings.